The number of rotatable bonds is 7. The predicted molar refractivity (Wildman–Crippen MR) is 118 cm³/mol. The predicted octanol–water partition coefficient (Wildman–Crippen LogP) is 2.66. The largest absolute Gasteiger partial charge is 0.381 e. The van der Waals surface area contributed by atoms with Crippen LogP contribution in [0, 0.1) is 0 Å². The van der Waals surface area contributed by atoms with Gasteiger partial charge < -0.3 is 15.1 Å². The second-order valence-electron chi connectivity index (χ2n) is 7.62. The molecule has 1 aliphatic heterocycles. The minimum Gasteiger partial charge on any atom is -0.381 e. The molecule has 0 bridgehead atoms. The van der Waals surface area contributed by atoms with Gasteiger partial charge >= 0.3 is 0 Å². The van der Waals surface area contributed by atoms with E-state index in [1.807, 2.05) is 24.3 Å². The van der Waals surface area contributed by atoms with E-state index in [2.05, 4.69) is 50.3 Å². The van der Waals surface area contributed by atoms with E-state index in [1.54, 1.807) is 10.7 Å². The lowest BCUT2D eigenvalue weighted by Crippen LogP contribution is -2.41. The van der Waals surface area contributed by atoms with E-state index in [0.29, 0.717) is 11.8 Å². The number of carbonyl (C=O) groups excluding carboxylic acids is 1. The van der Waals surface area contributed by atoms with Gasteiger partial charge in [0.1, 0.15) is 6.33 Å². The van der Waals surface area contributed by atoms with Gasteiger partial charge in [0, 0.05) is 25.2 Å². The van der Waals surface area contributed by atoms with Gasteiger partial charge in [0.25, 0.3) is 0 Å². The number of likely N-dealkylation sites (N-methyl/N-ethyl adjacent to an activating group) is 1. The minimum absolute atomic E-state index is 0.285. The highest BCUT2D eigenvalue weighted by Gasteiger charge is 2.19. The molecule has 0 saturated carbocycles. The van der Waals surface area contributed by atoms with Crippen LogP contribution in [-0.2, 0) is 4.79 Å². The molecular formula is C22H27N7O2. The van der Waals surface area contributed by atoms with Crippen LogP contribution in [0.5, 0.6) is 5.75 Å². The van der Waals surface area contributed by atoms with Crippen molar-refractivity contribution in [2.45, 2.75) is 32.7 Å². The smallest absolute Gasteiger partial charge is 0.249 e. The number of anilines is 1. The Morgan fingerprint density at radius 2 is 2.06 bits per heavy atom. The summed E-state index contributed by atoms with van der Waals surface area (Å²) in [5.74, 6) is 0.224. The molecule has 1 unspecified atom stereocenters. The maximum Gasteiger partial charge on any atom is 0.249 e. The Balaban J connectivity index is 1.61. The normalized spacial score (nSPS) is 16.6. The summed E-state index contributed by atoms with van der Waals surface area (Å²) < 4.78 is 1.57. The molecule has 1 atom stereocenters. The second kappa shape index (κ2) is 9.57. The molecule has 31 heavy (non-hydrogen) atoms. The molecule has 1 amide bonds. The van der Waals surface area contributed by atoms with E-state index in [4.69, 9.17) is 4.84 Å². The fraction of sp³-hybridized carbons (Fsp3) is 0.364. The Hall–Kier alpha value is -3.46. The second-order valence-corrected chi connectivity index (χ2v) is 7.62. The quantitative estimate of drug-likeness (QED) is 0.566. The van der Waals surface area contributed by atoms with E-state index >= 15 is 0 Å². The van der Waals surface area contributed by atoms with E-state index < -0.39 is 0 Å². The summed E-state index contributed by atoms with van der Waals surface area (Å²) in [6, 6.07) is 14.2. The Morgan fingerprint density at radius 3 is 2.77 bits per heavy atom. The summed E-state index contributed by atoms with van der Waals surface area (Å²) in [6.07, 6.45) is 3.92. The Kier molecular flexibility index (Phi) is 6.42. The lowest BCUT2D eigenvalue weighted by atomic mass is 10.0. The zero-order chi connectivity index (χ0) is 21.6. The number of amides is 1. The number of likely N-dealkylation sites (tertiary alicyclic amines) is 1. The number of hydrogen-bond donors (Lipinski definition) is 2. The van der Waals surface area contributed by atoms with E-state index in [1.165, 1.54) is 32.6 Å². The molecule has 162 valence electrons. The van der Waals surface area contributed by atoms with Gasteiger partial charge in [0.05, 0.1) is 11.3 Å². The summed E-state index contributed by atoms with van der Waals surface area (Å²) in [4.78, 5) is 19.4. The lowest BCUT2D eigenvalue weighted by molar-refractivity contribution is -0.125. The molecule has 0 aliphatic carbocycles. The van der Waals surface area contributed by atoms with Gasteiger partial charge in [-0.1, -0.05) is 25.1 Å². The van der Waals surface area contributed by atoms with Gasteiger partial charge in [-0.2, -0.15) is 10.2 Å². The zero-order valence-corrected chi connectivity index (χ0v) is 17.8. The molecule has 0 radical (unpaired) electrons. The Labute approximate surface area is 181 Å². The number of hydroxylamine groups is 1. The minimum atomic E-state index is -0.285. The Bertz CT molecular complexity index is 1010. The van der Waals surface area contributed by atoms with Gasteiger partial charge in [-0.05, 0) is 66.2 Å². The number of aromatic nitrogens is 4. The van der Waals surface area contributed by atoms with Crippen LogP contribution in [0.2, 0.25) is 0 Å². The van der Waals surface area contributed by atoms with Crippen LogP contribution in [-0.4, -0.2) is 56.7 Å². The first-order valence-electron chi connectivity index (χ1n) is 10.5. The van der Waals surface area contributed by atoms with E-state index in [9.17, 15) is 4.79 Å². The fourth-order valence-corrected chi connectivity index (χ4v) is 3.91. The molecule has 4 rings (SSSR count). The van der Waals surface area contributed by atoms with Gasteiger partial charge in [0.15, 0.2) is 5.75 Å². The van der Waals surface area contributed by atoms with Crippen molar-refractivity contribution < 1.29 is 9.63 Å². The van der Waals surface area contributed by atoms with Crippen molar-refractivity contribution in [3.05, 3.63) is 48.8 Å². The first-order valence-corrected chi connectivity index (χ1v) is 10.5. The number of nitrogens with one attached hydrogen (secondary N) is 2. The average molecular weight is 422 g/mol. The van der Waals surface area contributed by atoms with Crippen molar-refractivity contribution in [1.29, 1.82) is 0 Å². The van der Waals surface area contributed by atoms with Crippen molar-refractivity contribution in [1.82, 2.24) is 30.6 Å². The summed E-state index contributed by atoms with van der Waals surface area (Å²) in [7, 11) is 0. The number of tetrazole rings is 1. The summed E-state index contributed by atoms with van der Waals surface area (Å²) in [5, 5.41) is 15.1. The number of benzene rings is 2. The molecule has 1 aliphatic rings. The third-order valence-corrected chi connectivity index (χ3v) is 5.40. The summed E-state index contributed by atoms with van der Waals surface area (Å²) in [6.45, 7) is 6.94. The molecular weight excluding hydrogens is 394 g/mol. The molecule has 0 spiro atoms. The topological polar surface area (TPSA) is 97.2 Å². The van der Waals surface area contributed by atoms with E-state index in [0.717, 1.165) is 35.6 Å². The van der Waals surface area contributed by atoms with Crippen LogP contribution in [0.1, 0.15) is 26.7 Å². The maximum atomic E-state index is 11.4. The standard InChI is InChI=1S/C22H27N7O2/c1-3-28-13-5-6-19(14-28)24-18-11-9-17(10-12-18)22-20(29-15-23-26-27-29)7-4-8-21(22)31-25-16(2)30/h4,7-12,15,19,24H,3,5-6,13-14H2,1-2H3,(H,25,30). The van der Waals surface area contributed by atoms with Crippen LogP contribution in [0.15, 0.2) is 48.8 Å². The number of carbonyl (C=O) groups is 1. The van der Waals surface area contributed by atoms with Crippen molar-refractivity contribution in [2.75, 3.05) is 25.0 Å². The van der Waals surface area contributed by atoms with Crippen LogP contribution in [0.4, 0.5) is 5.69 Å². The number of hydrogen-bond acceptors (Lipinski definition) is 7. The van der Waals surface area contributed by atoms with Crippen LogP contribution in [0.3, 0.4) is 0 Å². The molecule has 1 aromatic heterocycles. The number of piperidine rings is 1. The van der Waals surface area contributed by atoms with Gasteiger partial charge in [-0.3, -0.25) is 4.79 Å². The highest BCUT2D eigenvalue weighted by molar-refractivity contribution is 5.80. The van der Waals surface area contributed by atoms with Crippen LogP contribution >= 0.6 is 0 Å². The highest BCUT2D eigenvalue weighted by atomic mass is 16.7. The molecule has 2 aromatic carbocycles. The first-order chi connectivity index (χ1) is 15.1. The van der Waals surface area contributed by atoms with Crippen molar-refractivity contribution in [3.63, 3.8) is 0 Å². The first kappa shape index (κ1) is 20.8. The molecule has 2 N–H and O–H groups in total. The van der Waals surface area contributed by atoms with Crippen molar-refractivity contribution >= 4 is 11.6 Å². The maximum absolute atomic E-state index is 11.4. The molecule has 2 heterocycles. The van der Waals surface area contributed by atoms with Crippen LogP contribution in [0.25, 0.3) is 16.8 Å². The SMILES string of the molecule is CCN1CCCC(Nc2ccc(-c3c(ONC(C)=O)cccc3-n3cnnn3)cc2)C1. The number of nitrogens with zero attached hydrogens (tertiary/aromatic N) is 5. The third kappa shape index (κ3) is 5.00. The highest BCUT2D eigenvalue weighted by Crippen LogP contribution is 2.35. The van der Waals surface area contributed by atoms with Crippen LogP contribution < -0.4 is 15.6 Å². The molecule has 1 fully saturated rings. The van der Waals surface area contributed by atoms with Crippen molar-refractivity contribution in [3.8, 4) is 22.6 Å². The monoisotopic (exact) mass is 421 g/mol. The molecule has 1 saturated heterocycles. The van der Waals surface area contributed by atoms with Gasteiger partial charge in [0.2, 0.25) is 5.91 Å². The Morgan fingerprint density at radius 1 is 1.23 bits per heavy atom. The van der Waals surface area contributed by atoms with Crippen molar-refractivity contribution in [2.24, 2.45) is 0 Å². The van der Waals surface area contributed by atoms with Gasteiger partial charge in [-0.15, -0.1) is 5.10 Å². The fourth-order valence-electron chi connectivity index (χ4n) is 3.91. The molecule has 9 heteroatoms. The van der Waals surface area contributed by atoms with Gasteiger partial charge in [-0.25, -0.2) is 0 Å². The molecule has 9 nitrogen and oxygen atoms in total. The third-order valence-electron chi connectivity index (χ3n) is 5.40. The van der Waals surface area contributed by atoms with E-state index in [-0.39, 0.29) is 5.91 Å². The summed E-state index contributed by atoms with van der Waals surface area (Å²) in [5.41, 5.74) is 5.94. The average Bonchev–Trinajstić information content (AvgIpc) is 3.33. The summed E-state index contributed by atoms with van der Waals surface area (Å²) >= 11 is 0. The zero-order valence-electron chi connectivity index (χ0n) is 17.8. The lowest BCUT2D eigenvalue weighted by Gasteiger charge is -2.32. The molecule has 3 aromatic rings.